The molecule has 0 amide bonds. The van der Waals surface area contributed by atoms with Crippen LogP contribution in [0.2, 0.25) is 5.02 Å². The van der Waals surface area contributed by atoms with Gasteiger partial charge >= 0.3 is 0 Å². The van der Waals surface area contributed by atoms with E-state index in [2.05, 4.69) is 32.7 Å². The van der Waals surface area contributed by atoms with Crippen molar-refractivity contribution in [2.75, 3.05) is 18.4 Å². The molecule has 0 aliphatic carbocycles. The number of piperidine rings is 1. The van der Waals surface area contributed by atoms with Gasteiger partial charge in [-0.05, 0) is 61.3 Å². The standard InChI is InChI=1S/C21H22ClN5.2ClH/c22-18-4-2-1-3-17(18)21(8-13-24-14-9-21)19-7-12-25-20(27-19)26-15-16-5-10-23-11-6-16;;/h1-7,10-12,24H,8-9,13-15H2,(H,25,26,27);2*1H. The normalized spacial score (nSPS) is 14.9. The molecule has 8 heteroatoms. The molecule has 3 heterocycles. The maximum absolute atomic E-state index is 6.59. The third-order valence-corrected chi connectivity index (χ3v) is 5.52. The Labute approximate surface area is 188 Å². The van der Waals surface area contributed by atoms with Crippen LogP contribution in [0.5, 0.6) is 0 Å². The molecule has 0 atom stereocenters. The van der Waals surface area contributed by atoms with Crippen LogP contribution >= 0.6 is 36.4 Å². The first-order valence-electron chi connectivity index (χ1n) is 9.20. The second-order valence-electron chi connectivity index (χ2n) is 6.79. The van der Waals surface area contributed by atoms with Crippen molar-refractivity contribution < 1.29 is 0 Å². The molecular weight excluding hydrogens is 429 g/mol. The Balaban J connectivity index is 0.00000150. The van der Waals surface area contributed by atoms with Gasteiger partial charge in [-0.25, -0.2) is 9.97 Å². The van der Waals surface area contributed by atoms with E-state index in [1.54, 1.807) is 12.4 Å². The molecule has 5 nitrogen and oxygen atoms in total. The summed E-state index contributed by atoms with van der Waals surface area (Å²) in [7, 11) is 0. The number of hydrogen-bond acceptors (Lipinski definition) is 5. The highest BCUT2D eigenvalue weighted by Gasteiger charge is 2.38. The Bertz CT molecular complexity index is 902. The van der Waals surface area contributed by atoms with Crippen molar-refractivity contribution >= 4 is 42.4 Å². The number of hydrogen-bond donors (Lipinski definition) is 2. The van der Waals surface area contributed by atoms with Gasteiger partial charge in [0, 0.05) is 35.6 Å². The van der Waals surface area contributed by atoms with Gasteiger partial charge in [0.15, 0.2) is 0 Å². The average molecular weight is 453 g/mol. The fourth-order valence-electron chi connectivity index (χ4n) is 3.76. The zero-order valence-corrected chi connectivity index (χ0v) is 18.2. The molecule has 1 aliphatic heterocycles. The topological polar surface area (TPSA) is 62.7 Å². The van der Waals surface area contributed by atoms with Gasteiger partial charge in [0.25, 0.3) is 0 Å². The van der Waals surface area contributed by atoms with E-state index in [1.165, 1.54) is 0 Å². The predicted octanol–water partition coefficient (Wildman–Crippen LogP) is 4.65. The third-order valence-electron chi connectivity index (χ3n) is 5.19. The van der Waals surface area contributed by atoms with E-state index in [1.807, 2.05) is 36.5 Å². The molecule has 0 radical (unpaired) electrons. The molecule has 0 spiro atoms. The Morgan fingerprint density at radius 1 is 0.966 bits per heavy atom. The van der Waals surface area contributed by atoms with Gasteiger partial charge in [0.05, 0.1) is 5.69 Å². The van der Waals surface area contributed by atoms with Crippen molar-refractivity contribution in [3.63, 3.8) is 0 Å². The molecule has 4 rings (SSSR count). The zero-order valence-electron chi connectivity index (χ0n) is 15.8. The molecule has 1 saturated heterocycles. The second-order valence-corrected chi connectivity index (χ2v) is 7.19. The second kappa shape index (κ2) is 10.7. The van der Waals surface area contributed by atoms with Crippen LogP contribution in [0, 0.1) is 0 Å². The molecule has 29 heavy (non-hydrogen) atoms. The van der Waals surface area contributed by atoms with E-state index in [9.17, 15) is 0 Å². The van der Waals surface area contributed by atoms with Crippen molar-refractivity contribution in [3.05, 3.63) is 82.9 Å². The summed E-state index contributed by atoms with van der Waals surface area (Å²) in [6, 6.07) is 14.1. The summed E-state index contributed by atoms with van der Waals surface area (Å²) in [5.41, 5.74) is 3.11. The lowest BCUT2D eigenvalue weighted by molar-refractivity contribution is 0.354. The molecule has 154 valence electrons. The van der Waals surface area contributed by atoms with E-state index >= 15 is 0 Å². The minimum Gasteiger partial charge on any atom is -0.350 e. The van der Waals surface area contributed by atoms with Crippen molar-refractivity contribution in [1.82, 2.24) is 20.3 Å². The van der Waals surface area contributed by atoms with Crippen LogP contribution in [-0.2, 0) is 12.0 Å². The molecule has 1 aromatic carbocycles. The SMILES string of the molecule is Cl.Cl.Clc1ccccc1C1(c2ccnc(NCc3ccncc3)n2)CCNCC1. The smallest absolute Gasteiger partial charge is 0.223 e. The number of anilines is 1. The van der Waals surface area contributed by atoms with Gasteiger partial charge in [0.1, 0.15) is 0 Å². The summed E-state index contributed by atoms with van der Waals surface area (Å²) in [5.74, 6) is 0.634. The molecular formula is C21H24Cl3N5. The van der Waals surface area contributed by atoms with Crippen LogP contribution in [0.1, 0.15) is 29.7 Å². The lowest BCUT2D eigenvalue weighted by atomic mass is 9.70. The first-order chi connectivity index (χ1) is 13.3. The van der Waals surface area contributed by atoms with Gasteiger partial charge in [-0.15, -0.1) is 24.8 Å². The number of nitrogens with one attached hydrogen (secondary N) is 2. The van der Waals surface area contributed by atoms with Crippen LogP contribution in [0.4, 0.5) is 5.95 Å². The van der Waals surface area contributed by atoms with Crippen LogP contribution in [0.3, 0.4) is 0 Å². The summed E-state index contributed by atoms with van der Waals surface area (Å²) in [4.78, 5) is 13.3. The highest BCUT2D eigenvalue weighted by molar-refractivity contribution is 6.31. The number of nitrogens with zero attached hydrogens (tertiary/aromatic N) is 3. The van der Waals surface area contributed by atoms with E-state index in [-0.39, 0.29) is 30.2 Å². The minimum atomic E-state index is -0.195. The van der Waals surface area contributed by atoms with Crippen molar-refractivity contribution in [1.29, 1.82) is 0 Å². The summed E-state index contributed by atoms with van der Waals surface area (Å²) in [6.45, 7) is 2.54. The zero-order chi connectivity index (χ0) is 18.5. The van der Waals surface area contributed by atoms with Gasteiger partial charge < -0.3 is 10.6 Å². The molecule has 3 aromatic rings. The molecule has 1 fully saturated rings. The first kappa shape index (κ1) is 23.4. The van der Waals surface area contributed by atoms with Crippen molar-refractivity contribution in [3.8, 4) is 0 Å². The van der Waals surface area contributed by atoms with Gasteiger partial charge in [-0.1, -0.05) is 29.8 Å². The Kier molecular flexibility index (Phi) is 8.65. The van der Waals surface area contributed by atoms with Crippen molar-refractivity contribution in [2.24, 2.45) is 0 Å². The monoisotopic (exact) mass is 451 g/mol. The lowest BCUT2D eigenvalue weighted by Crippen LogP contribution is -2.41. The number of pyridine rings is 1. The number of halogens is 3. The Morgan fingerprint density at radius 2 is 1.69 bits per heavy atom. The quantitative estimate of drug-likeness (QED) is 0.590. The average Bonchev–Trinajstić information content (AvgIpc) is 2.74. The largest absolute Gasteiger partial charge is 0.350 e. The molecule has 0 bridgehead atoms. The Morgan fingerprint density at radius 3 is 2.41 bits per heavy atom. The van der Waals surface area contributed by atoms with Gasteiger partial charge in [-0.2, -0.15) is 0 Å². The summed E-state index contributed by atoms with van der Waals surface area (Å²) >= 11 is 6.59. The van der Waals surface area contributed by atoms with Crippen LogP contribution in [0.15, 0.2) is 61.1 Å². The van der Waals surface area contributed by atoms with Crippen LogP contribution < -0.4 is 10.6 Å². The minimum absolute atomic E-state index is 0. The van der Waals surface area contributed by atoms with Gasteiger partial charge in [-0.3, -0.25) is 4.98 Å². The highest BCUT2D eigenvalue weighted by atomic mass is 35.5. The predicted molar refractivity (Wildman–Crippen MR) is 122 cm³/mol. The first-order valence-corrected chi connectivity index (χ1v) is 9.58. The molecule has 2 N–H and O–H groups in total. The Hall–Kier alpha value is -1.92. The van der Waals surface area contributed by atoms with Crippen molar-refractivity contribution in [2.45, 2.75) is 24.8 Å². The number of rotatable bonds is 5. The summed E-state index contributed by atoms with van der Waals surface area (Å²) in [5, 5.41) is 7.57. The number of aromatic nitrogens is 3. The molecule has 0 unspecified atom stereocenters. The highest BCUT2D eigenvalue weighted by Crippen LogP contribution is 2.42. The van der Waals surface area contributed by atoms with E-state index in [4.69, 9.17) is 16.6 Å². The summed E-state index contributed by atoms with van der Waals surface area (Å²) < 4.78 is 0. The summed E-state index contributed by atoms with van der Waals surface area (Å²) in [6.07, 6.45) is 7.32. The van der Waals surface area contributed by atoms with Gasteiger partial charge in [0.2, 0.25) is 5.95 Å². The van der Waals surface area contributed by atoms with E-state index in [0.29, 0.717) is 12.5 Å². The lowest BCUT2D eigenvalue weighted by Gasteiger charge is -2.38. The maximum Gasteiger partial charge on any atom is 0.223 e. The fraction of sp³-hybridized carbons (Fsp3) is 0.286. The maximum atomic E-state index is 6.59. The number of benzene rings is 1. The van der Waals surface area contributed by atoms with Crippen LogP contribution in [0.25, 0.3) is 0 Å². The molecule has 1 aliphatic rings. The molecule has 2 aromatic heterocycles. The fourth-order valence-corrected chi connectivity index (χ4v) is 4.08. The van der Waals surface area contributed by atoms with E-state index in [0.717, 1.165) is 47.8 Å². The van der Waals surface area contributed by atoms with E-state index < -0.39 is 0 Å². The van der Waals surface area contributed by atoms with Crippen LogP contribution in [-0.4, -0.2) is 28.0 Å². The third kappa shape index (κ3) is 5.17. The molecule has 0 saturated carbocycles.